The van der Waals surface area contributed by atoms with Crippen LogP contribution >= 0.6 is 0 Å². The summed E-state index contributed by atoms with van der Waals surface area (Å²) in [4.78, 5) is 40.0. The lowest BCUT2D eigenvalue weighted by molar-refractivity contribution is -0.139. The molecule has 0 bridgehead atoms. The van der Waals surface area contributed by atoms with Crippen LogP contribution in [0, 0.1) is 0 Å². The van der Waals surface area contributed by atoms with Gasteiger partial charge in [0, 0.05) is 5.56 Å². The third kappa shape index (κ3) is 5.05. The average molecular weight is 439 g/mol. The lowest BCUT2D eigenvalue weighted by atomic mass is 10.00. The molecule has 9 heteroatoms. The highest BCUT2D eigenvalue weighted by Crippen LogP contribution is 2.30. The molecule has 168 valence electrons. The Morgan fingerprint density at radius 3 is 2.50 bits per heavy atom. The molecule has 1 amide bonds. The maximum atomic E-state index is 12.6. The first-order valence-corrected chi connectivity index (χ1v) is 10.1. The fraction of sp³-hybridized carbons (Fsp3) is 0.304. The van der Waals surface area contributed by atoms with Gasteiger partial charge in [-0.15, -0.1) is 0 Å². The summed E-state index contributed by atoms with van der Waals surface area (Å²) in [6.45, 7) is 2.08. The number of carbonyl (C=O) groups excluding carboxylic acids is 3. The van der Waals surface area contributed by atoms with Gasteiger partial charge in [-0.05, 0) is 31.4 Å². The van der Waals surface area contributed by atoms with Gasteiger partial charge in [-0.2, -0.15) is 5.10 Å². The van der Waals surface area contributed by atoms with Gasteiger partial charge >= 0.3 is 11.9 Å². The van der Waals surface area contributed by atoms with E-state index in [9.17, 15) is 14.4 Å². The molecule has 0 aliphatic carbocycles. The van der Waals surface area contributed by atoms with Crippen molar-refractivity contribution >= 4 is 29.6 Å². The van der Waals surface area contributed by atoms with E-state index in [4.69, 9.17) is 14.2 Å². The van der Waals surface area contributed by atoms with Crippen LogP contribution in [0.4, 0.5) is 0 Å². The molecule has 9 nitrogen and oxygen atoms in total. The van der Waals surface area contributed by atoms with E-state index in [0.717, 1.165) is 5.56 Å². The zero-order valence-electron chi connectivity index (χ0n) is 18.2. The van der Waals surface area contributed by atoms with Crippen molar-refractivity contribution in [2.45, 2.75) is 26.2 Å². The minimum atomic E-state index is -0.667. The highest BCUT2D eigenvalue weighted by atomic mass is 16.5. The number of ether oxygens (including phenoxy) is 3. The highest BCUT2D eigenvalue weighted by Gasteiger charge is 2.29. The van der Waals surface area contributed by atoms with Crippen LogP contribution in [-0.2, 0) is 31.9 Å². The monoisotopic (exact) mass is 439 g/mol. The SMILES string of the molecule is CCOc1[nH]c(/C=C2/C(=O)NN=C2CCc2ccccc2)c(C(=O)OC)c1CC(=O)OC. The number of carbonyl (C=O) groups is 3. The number of H-pyrrole nitrogens is 1. The van der Waals surface area contributed by atoms with Crippen molar-refractivity contribution in [2.24, 2.45) is 5.10 Å². The number of aromatic amines is 1. The van der Waals surface area contributed by atoms with Crippen LogP contribution in [0.2, 0.25) is 0 Å². The van der Waals surface area contributed by atoms with E-state index in [1.54, 1.807) is 6.92 Å². The molecule has 0 unspecified atom stereocenters. The van der Waals surface area contributed by atoms with Gasteiger partial charge in [-0.1, -0.05) is 30.3 Å². The Hall–Kier alpha value is -3.88. The quantitative estimate of drug-likeness (QED) is 0.458. The Bertz CT molecular complexity index is 1070. The predicted molar refractivity (Wildman–Crippen MR) is 117 cm³/mol. The van der Waals surface area contributed by atoms with Crippen molar-refractivity contribution in [1.82, 2.24) is 10.4 Å². The second-order valence-corrected chi connectivity index (χ2v) is 6.94. The molecule has 0 radical (unpaired) electrons. The van der Waals surface area contributed by atoms with Crippen molar-refractivity contribution in [1.29, 1.82) is 0 Å². The van der Waals surface area contributed by atoms with Crippen LogP contribution in [0.1, 0.15) is 40.5 Å². The van der Waals surface area contributed by atoms with Gasteiger partial charge in [-0.25, -0.2) is 10.2 Å². The normalized spacial score (nSPS) is 14.2. The summed E-state index contributed by atoms with van der Waals surface area (Å²) >= 11 is 0. The molecule has 1 aromatic carbocycles. The van der Waals surface area contributed by atoms with Crippen molar-refractivity contribution in [2.75, 3.05) is 20.8 Å². The van der Waals surface area contributed by atoms with Crippen LogP contribution in [0.15, 0.2) is 41.0 Å². The lowest BCUT2D eigenvalue weighted by Gasteiger charge is -2.06. The summed E-state index contributed by atoms with van der Waals surface area (Å²) in [5.74, 6) is -1.35. The lowest BCUT2D eigenvalue weighted by Crippen LogP contribution is -2.14. The molecule has 2 aromatic rings. The maximum Gasteiger partial charge on any atom is 0.340 e. The van der Waals surface area contributed by atoms with Gasteiger partial charge < -0.3 is 19.2 Å². The van der Waals surface area contributed by atoms with Gasteiger partial charge in [0.25, 0.3) is 5.91 Å². The molecule has 2 N–H and O–H groups in total. The molecule has 0 saturated heterocycles. The van der Waals surface area contributed by atoms with Gasteiger partial charge in [0.15, 0.2) is 5.88 Å². The van der Waals surface area contributed by atoms with Crippen molar-refractivity contribution in [3.63, 3.8) is 0 Å². The molecule has 0 saturated carbocycles. The molecule has 1 aromatic heterocycles. The van der Waals surface area contributed by atoms with Gasteiger partial charge in [0.2, 0.25) is 0 Å². The number of methoxy groups -OCH3 is 2. The Kier molecular flexibility index (Phi) is 7.43. The third-order valence-electron chi connectivity index (χ3n) is 4.95. The summed E-state index contributed by atoms with van der Waals surface area (Å²) in [6.07, 6.45) is 2.55. The smallest absolute Gasteiger partial charge is 0.340 e. The van der Waals surface area contributed by atoms with Gasteiger partial charge in [0.05, 0.1) is 49.8 Å². The van der Waals surface area contributed by atoms with Crippen LogP contribution in [0.3, 0.4) is 0 Å². The molecular formula is C23H25N3O6. The zero-order valence-corrected chi connectivity index (χ0v) is 18.2. The van der Waals surface area contributed by atoms with Crippen molar-refractivity contribution in [3.8, 4) is 5.88 Å². The van der Waals surface area contributed by atoms with E-state index in [0.29, 0.717) is 42.0 Å². The van der Waals surface area contributed by atoms with E-state index in [2.05, 4.69) is 15.5 Å². The molecule has 0 atom stereocenters. The molecule has 1 aliphatic heterocycles. The molecule has 2 heterocycles. The zero-order chi connectivity index (χ0) is 23.1. The Morgan fingerprint density at radius 1 is 1.09 bits per heavy atom. The first kappa shape index (κ1) is 22.8. The number of nitrogens with one attached hydrogen (secondary N) is 2. The second-order valence-electron chi connectivity index (χ2n) is 6.94. The number of hydrogen-bond donors (Lipinski definition) is 2. The highest BCUT2D eigenvalue weighted by molar-refractivity contribution is 6.27. The predicted octanol–water partition coefficient (Wildman–Crippen LogP) is 2.42. The number of aryl methyl sites for hydroxylation is 1. The Labute approximate surface area is 185 Å². The van der Waals surface area contributed by atoms with E-state index in [1.165, 1.54) is 20.3 Å². The van der Waals surface area contributed by atoms with Crippen LogP contribution in [0.25, 0.3) is 6.08 Å². The minimum Gasteiger partial charge on any atom is -0.479 e. The Morgan fingerprint density at radius 2 is 1.84 bits per heavy atom. The summed E-state index contributed by atoms with van der Waals surface area (Å²) in [7, 11) is 2.50. The topological polar surface area (TPSA) is 119 Å². The number of esters is 2. The Balaban J connectivity index is 1.99. The van der Waals surface area contributed by atoms with Crippen LogP contribution in [0.5, 0.6) is 5.88 Å². The minimum absolute atomic E-state index is 0.107. The number of rotatable bonds is 9. The largest absolute Gasteiger partial charge is 0.479 e. The van der Waals surface area contributed by atoms with Crippen molar-refractivity contribution in [3.05, 3.63) is 58.3 Å². The summed E-state index contributed by atoms with van der Waals surface area (Å²) in [5.41, 5.74) is 5.17. The molecule has 0 spiro atoms. The van der Waals surface area contributed by atoms with Gasteiger partial charge in [0.1, 0.15) is 0 Å². The van der Waals surface area contributed by atoms with E-state index < -0.39 is 11.9 Å². The fourth-order valence-corrected chi connectivity index (χ4v) is 3.39. The summed E-state index contributed by atoms with van der Waals surface area (Å²) in [6, 6.07) is 9.84. The molecule has 32 heavy (non-hydrogen) atoms. The fourth-order valence-electron chi connectivity index (χ4n) is 3.39. The number of hydrazone groups is 1. The standard InChI is InChI=1S/C23H25N3O6/c1-4-32-22-16(13-19(27)30-2)20(23(29)31-3)18(24-22)12-15-17(25-26-21(15)28)11-10-14-8-6-5-7-9-14/h5-9,12,24H,4,10-11,13H2,1-3H3,(H,26,28)/b15-12+. The van der Waals surface area contributed by atoms with Crippen LogP contribution < -0.4 is 10.2 Å². The number of amides is 1. The molecular weight excluding hydrogens is 414 g/mol. The maximum absolute atomic E-state index is 12.6. The summed E-state index contributed by atoms with van der Waals surface area (Å²) < 4.78 is 15.3. The number of nitrogens with zero attached hydrogens (tertiary/aromatic N) is 1. The summed E-state index contributed by atoms with van der Waals surface area (Å²) in [5, 5.41) is 4.14. The number of aromatic nitrogens is 1. The molecule has 0 fully saturated rings. The van der Waals surface area contributed by atoms with Crippen LogP contribution in [-0.4, -0.2) is 49.4 Å². The third-order valence-corrected chi connectivity index (χ3v) is 4.95. The molecule has 3 rings (SSSR count). The second kappa shape index (κ2) is 10.4. The van der Waals surface area contributed by atoms with Gasteiger partial charge in [-0.3, -0.25) is 9.59 Å². The number of benzene rings is 1. The molecule has 1 aliphatic rings. The first-order chi connectivity index (χ1) is 15.5. The first-order valence-electron chi connectivity index (χ1n) is 10.1. The number of hydrogen-bond acceptors (Lipinski definition) is 7. The average Bonchev–Trinajstić information content (AvgIpc) is 3.32. The van der Waals surface area contributed by atoms with E-state index >= 15 is 0 Å². The van der Waals surface area contributed by atoms with Crippen molar-refractivity contribution < 1.29 is 28.6 Å². The van der Waals surface area contributed by atoms with E-state index in [1.807, 2.05) is 30.3 Å². The van der Waals surface area contributed by atoms with E-state index in [-0.39, 0.29) is 23.8 Å².